The van der Waals surface area contributed by atoms with Gasteiger partial charge in [-0.05, 0) is 33.6 Å². The fraction of sp³-hybridized carbons (Fsp3) is 0.929. The minimum atomic E-state index is 0.101. The molecule has 1 N–H and O–H groups in total. The third-order valence-electron chi connectivity index (χ3n) is 3.51. The third-order valence-corrected chi connectivity index (χ3v) is 3.51. The van der Waals surface area contributed by atoms with Crippen molar-refractivity contribution in [3.63, 3.8) is 0 Å². The van der Waals surface area contributed by atoms with Crippen molar-refractivity contribution in [1.82, 2.24) is 10.2 Å². The summed E-state index contributed by atoms with van der Waals surface area (Å²) in [5.41, 5.74) is 0.101. The Balaban J connectivity index is 2.26. The fourth-order valence-corrected chi connectivity index (χ4v) is 2.39. The lowest BCUT2D eigenvalue weighted by Crippen LogP contribution is -2.42. The molecule has 100 valence electrons. The van der Waals surface area contributed by atoms with E-state index in [-0.39, 0.29) is 11.4 Å². The summed E-state index contributed by atoms with van der Waals surface area (Å²) >= 11 is 0. The highest BCUT2D eigenvalue weighted by Gasteiger charge is 2.21. The van der Waals surface area contributed by atoms with E-state index in [4.69, 9.17) is 0 Å². The Morgan fingerprint density at radius 2 is 1.82 bits per heavy atom. The van der Waals surface area contributed by atoms with Crippen LogP contribution < -0.4 is 5.32 Å². The number of amides is 1. The molecule has 0 spiro atoms. The second-order valence-electron chi connectivity index (χ2n) is 6.22. The van der Waals surface area contributed by atoms with Crippen molar-refractivity contribution >= 4 is 5.91 Å². The van der Waals surface area contributed by atoms with Gasteiger partial charge in [0.25, 0.3) is 0 Å². The smallest absolute Gasteiger partial charge is 0.223 e. The van der Waals surface area contributed by atoms with Crippen LogP contribution in [0.5, 0.6) is 0 Å². The van der Waals surface area contributed by atoms with Crippen molar-refractivity contribution in [3.05, 3.63) is 0 Å². The summed E-state index contributed by atoms with van der Waals surface area (Å²) in [7, 11) is 1.97. The molecule has 1 fully saturated rings. The van der Waals surface area contributed by atoms with E-state index in [0.29, 0.717) is 12.5 Å². The van der Waals surface area contributed by atoms with Crippen molar-refractivity contribution in [1.29, 1.82) is 0 Å². The molecule has 0 unspecified atom stereocenters. The topological polar surface area (TPSA) is 32.3 Å². The van der Waals surface area contributed by atoms with E-state index >= 15 is 0 Å². The molecule has 0 aromatic carbocycles. The van der Waals surface area contributed by atoms with Gasteiger partial charge in [-0.15, -0.1) is 0 Å². The molecule has 3 heteroatoms. The molecule has 1 rings (SSSR count). The molecule has 1 aliphatic carbocycles. The van der Waals surface area contributed by atoms with Crippen LogP contribution in [-0.4, -0.2) is 36.0 Å². The van der Waals surface area contributed by atoms with E-state index < -0.39 is 0 Å². The molecule has 0 heterocycles. The average Bonchev–Trinajstić information content (AvgIpc) is 2.27. The van der Waals surface area contributed by atoms with Gasteiger partial charge in [-0.25, -0.2) is 0 Å². The van der Waals surface area contributed by atoms with Gasteiger partial charge in [0.1, 0.15) is 0 Å². The number of nitrogens with zero attached hydrogens (tertiary/aromatic N) is 1. The second kappa shape index (κ2) is 6.39. The summed E-state index contributed by atoms with van der Waals surface area (Å²) in [5, 5.41) is 3.36. The van der Waals surface area contributed by atoms with E-state index in [9.17, 15) is 4.79 Å². The number of hydrogen-bond donors (Lipinski definition) is 1. The molecular formula is C14H28N2O. The van der Waals surface area contributed by atoms with E-state index in [0.717, 1.165) is 6.54 Å². The van der Waals surface area contributed by atoms with Crippen LogP contribution in [0, 0.1) is 0 Å². The third kappa shape index (κ3) is 5.53. The SMILES string of the molecule is CN(C(=O)CCNC(C)(C)C)C1CCCCC1. The maximum absolute atomic E-state index is 12.0. The number of hydrogen-bond acceptors (Lipinski definition) is 2. The zero-order valence-electron chi connectivity index (χ0n) is 11.9. The Morgan fingerprint density at radius 1 is 1.24 bits per heavy atom. The first kappa shape index (κ1) is 14.5. The number of nitrogens with one attached hydrogen (secondary N) is 1. The van der Waals surface area contributed by atoms with Crippen LogP contribution in [0.25, 0.3) is 0 Å². The lowest BCUT2D eigenvalue weighted by Gasteiger charge is -2.31. The van der Waals surface area contributed by atoms with E-state index in [1.807, 2.05) is 11.9 Å². The van der Waals surface area contributed by atoms with Crippen molar-refractivity contribution in [2.45, 2.75) is 70.9 Å². The molecule has 0 aromatic rings. The molecule has 1 amide bonds. The van der Waals surface area contributed by atoms with Gasteiger partial charge < -0.3 is 10.2 Å². The van der Waals surface area contributed by atoms with E-state index in [1.165, 1.54) is 32.1 Å². The quantitative estimate of drug-likeness (QED) is 0.819. The van der Waals surface area contributed by atoms with Crippen molar-refractivity contribution < 1.29 is 4.79 Å². The summed E-state index contributed by atoms with van der Waals surface area (Å²) in [6.45, 7) is 7.16. The van der Waals surface area contributed by atoms with Gasteiger partial charge in [-0.2, -0.15) is 0 Å². The molecule has 0 radical (unpaired) electrons. The molecule has 1 saturated carbocycles. The van der Waals surface area contributed by atoms with Crippen LogP contribution in [0.2, 0.25) is 0 Å². The van der Waals surface area contributed by atoms with Crippen LogP contribution in [-0.2, 0) is 4.79 Å². The van der Waals surface area contributed by atoms with Gasteiger partial charge >= 0.3 is 0 Å². The predicted octanol–water partition coefficient (Wildman–Crippen LogP) is 2.56. The fourth-order valence-electron chi connectivity index (χ4n) is 2.39. The highest BCUT2D eigenvalue weighted by atomic mass is 16.2. The molecule has 1 aliphatic rings. The number of carbonyl (C=O) groups is 1. The Bertz CT molecular complexity index is 239. The standard InChI is InChI=1S/C14H28N2O/c1-14(2,3)15-11-10-13(17)16(4)12-8-6-5-7-9-12/h12,15H,5-11H2,1-4H3. The summed E-state index contributed by atoms with van der Waals surface area (Å²) in [5.74, 6) is 0.286. The number of carbonyl (C=O) groups excluding carboxylic acids is 1. The van der Waals surface area contributed by atoms with E-state index in [1.54, 1.807) is 0 Å². The minimum absolute atomic E-state index is 0.101. The Kier molecular flexibility index (Phi) is 5.44. The van der Waals surface area contributed by atoms with Crippen LogP contribution in [0.15, 0.2) is 0 Å². The first-order valence-corrected chi connectivity index (χ1v) is 6.91. The molecule has 0 aromatic heterocycles. The van der Waals surface area contributed by atoms with Crippen molar-refractivity contribution in [2.24, 2.45) is 0 Å². The van der Waals surface area contributed by atoms with Crippen molar-refractivity contribution in [3.8, 4) is 0 Å². The molecule has 0 atom stereocenters. The first-order chi connectivity index (χ1) is 7.90. The van der Waals surface area contributed by atoms with Gasteiger partial charge in [0, 0.05) is 31.6 Å². The molecule has 3 nitrogen and oxygen atoms in total. The first-order valence-electron chi connectivity index (χ1n) is 6.91. The van der Waals surface area contributed by atoms with Gasteiger partial charge in [-0.3, -0.25) is 4.79 Å². The predicted molar refractivity (Wildman–Crippen MR) is 72.0 cm³/mol. The summed E-state index contributed by atoms with van der Waals surface area (Å²) in [6, 6.07) is 0.492. The lowest BCUT2D eigenvalue weighted by molar-refractivity contribution is -0.132. The Morgan fingerprint density at radius 3 is 2.35 bits per heavy atom. The molecule has 17 heavy (non-hydrogen) atoms. The average molecular weight is 240 g/mol. The molecule has 0 saturated heterocycles. The molecular weight excluding hydrogens is 212 g/mol. The van der Waals surface area contributed by atoms with Crippen LogP contribution in [0.4, 0.5) is 0 Å². The van der Waals surface area contributed by atoms with Crippen LogP contribution in [0.1, 0.15) is 59.3 Å². The highest BCUT2D eigenvalue weighted by Crippen LogP contribution is 2.21. The van der Waals surface area contributed by atoms with E-state index in [2.05, 4.69) is 26.1 Å². The van der Waals surface area contributed by atoms with Gasteiger partial charge in [0.15, 0.2) is 0 Å². The Labute approximate surface area is 106 Å². The second-order valence-corrected chi connectivity index (χ2v) is 6.22. The summed E-state index contributed by atoms with van der Waals surface area (Å²) in [6.07, 6.45) is 6.89. The van der Waals surface area contributed by atoms with Crippen LogP contribution >= 0.6 is 0 Å². The highest BCUT2D eigenvalue weighted by molar-refractivity contribution is 5.76. The van der Waals surface area contributed by atoms with Crippen molar-refractivity contribution in [2.75, 3.05) is 13.6 Å². The van der Waals surface area contributed by atoms with Gasteiger partial charge in [0.05, 0.1) is 0 Å². The monoisotopic (exact) mass is 240 g/mol. The zero-order valence-corrected chi connectivity index (χ0v) is 11.9. The summed E-state index contributed by atoms with van der Waals surface area (Å²) in [4.78, 5) is 14.0. The maximum atomic E-state index is 12.0. The maximum Gasteiger partial charge on any atom is 0.223 e. The lowest BCUT2D eigenvalue weighted by atomic mass is 9.94. The van der Waals surface area contributed by atoms with Gasteiger partial charge in [-0.1, -0.05) is 19.3 Å². The molecule has 0 bridgehead atoms. The largest absolute Gasteiger partial charge is 0.343 e. The molecule has 0 aliphatic heterocycles. The minimum Gasteiger partial charge on any atom is -0.343 e. The summed E-state index contributed by atoms with van der Waals surface area (Å²) < 4.78 is 0. The normalized spacial score (nSPS) is 18.1. The number of rotatable bonds is 4. The van der Waals surface area contributed by atoms with Crippen LogP contribution in [0.3, 0.4) is 0 Å². The van der Waals surface area contributed by atoms with Gasteiger partial charge in [0.2, 0.25) is 5.91 Å². The Hall–Kier alpha value is -0.570. The zero-order chi connectivity index (χ0) is 12.9.